The highest BCUT2D eigenvalue weighted by molar-refractivity contribution is 7.98. The van der Waals surface area contributed by atoms with Crippen LogP contribution in [-0.2, 0) is 13.0 Å². The average Bonchev–Trinajstić information content (AvgIpc) is 2.84. The zero-order valence-corrected chi connectivity index (χ0v) is 17.0. The molecule has 1 aliphatic heterocycles. The van der Waals surface area contributed by atoms with Crippen molar-refractivity contribution in [3.8, 4) is 0 Å². The molecule has 0 saturated heterocycles. The van der Waals surface area contributed by atoms with Gasteiger partial charge in [-0.05, 0) is 43.7 Å². The monoisotopic (exact) mass is 399 g/mol. The van der Waals surface area contributed by atoms with Crippen LogP contribution in [0.2, 0.25) is 0 Å². The fourth-order valence-corrected chi connectivity index (χ4v) is 5.19. The van der Waals surface area contributed by atoms with Crippen LogP contribution < -0.4 is 10.9 Å². The Hall–Kier alpha value is -2.12. The molecule has 0 spiro atoms. The normalized spacial score (nSPS) is 14.0. The summed E-state index contributed by atoms with van der Waals surface area (Å²) in [6, 6.07) is 7.72. The van der Waals surface area contributed by atoms with Crippen molar-refractivity contribution in [1.82, 2.24) is 9.55 Å². The Morgan fingerprint density at radius 1 is 1.26 bits per heavy atom. The number of nitrogens with zero attached hydrogens (tertiary/aromatic N) is 2. The van der Waals surface area contributed by atoms with Crippen LogP contribution in [0.1, 0.15) is 40.3 Å². The Kier molecular flexibility index (Phi) is 5.06. The highest BCUT2D eigenvalue weighted by Crippen LogP contribution is 2.30. The lowest BCUT2D eigenvalue weighted by atomic mass is 10.2. The fraction of sp³-hybridized carbons (Fsp3) is 0.350. The maximum atomic E-state index is 13.0. The number of anilines is 1. The van der Waals surface area contributed by atoms with Crippen LogP contribution >= 0.6 is 23.1 Å². The van der Waals surface area contributed by atoms with Crippen LogP contribution in [0.4, 0.5) is 5.69 Å². The number of rotatable bonds is 3. The molecule has 0 fully saturated rings. The number of aromatic nitrogens is 2. The Bertz CT molecular complexity index is 1080. The summed E-state index contributed by atoms with van der Waals surface area (Å²) in [5, 5.41) is 3.58. The number of carbonyl (C=O) groups is 1. The third kappa shape index (κ3) is 3.30. The van der Waals surface area contributed by atoms with E-state index in [0.717, 1.165) is 54.2 Å². The molecule has 3 heterocycles. The van der Waals surface area contributed by atoms with E-state index in [2.05, 4.69) is 5.32 Å². The van der Waals surface area contributed by atoms with Gasteiger partial charge in [0.05, 0.1) is 16.0 Å². The minimum absolute atomic E-state index is 0.00536. The molecule has 0 bridgehead atoms. The highest BCUT2D eigenvalue weighted by Gasteiger charge is 2.22. The van der Waals surface area contributed by atoms with Gasteiger partial charge in [-0.2, -0.15) is 0 Å². The predicted molar refractivity (Wildman–Crippen MR) is 112 cm³/mol. The van der Waals surface area contributed by atoms with Crippen molar-refractivity contribution in [2.24, 2.45) is 0 Å². The largest absolute Gasteiger partial charge is 0.320 e. The van der Waals surface area contributed by atoms with E-state index in [1.54, 1.807) is 16.3 Å². The molecular weight excluding hydrogens is 378 g/mol. The van der Waals surface area contributed by atoms with Gasteiger partial charge in [-0.1, -0.05) is 18.6 Å². The summed E-state index contributed by atoms with van der Waals surface area (Å²) in [4.78, 5) is 32.9. The molecule has 140 valence electrons. The van der Waals surface area contributed by atoms with E-state index >= 15 is 0 Å². The molecule has 1 N–H and O–H groups in total. The van der Waals surface area contributed by atoms with Crippen molar-refractivity contribution >= 4 is 44.9 Å². The molecule has 1 aromatic carbocycles. The van der Waals surface area contributed by atoms with Crippen molar-refractivity contribution in [3.63, 3.8) is 0 Å². The summed E-state index contributed by atoms with van der Waals surface area (Å²) in [5.74, 6) is 0.669. The summed E-state index contributed by atoms with van der Waals surface area (Å²) in [5.41, 5.74) is 1.51. The average molecular weight is 400 g/mol. The number of hydrogen-bond donors (Lipinski definition) is 1. The summed E-state index contributed by atoms with van der Waals surface area (Å²) < 4.78 is 1.81. The second-order valence-electron chi connectivity index (χ2n) is 6.69. The van der Waals surface area contributed by atoms with E-state index in [-0.39, 0.29) is 11.5 Å². The summed E-state index contributed by atoms with van der Waals surface area (Å²) in [7, 11) is 0. The topological polar surface area (TPSA) is 64.0 Å². The standard InChI is InChI=1S/C20H21N3O2S2/c1-12-16-19(22-15-10-4-3-7-11-23(15)20(16)25)27-17(12)18(24)21-13-8-5-6-9-14(13)26-2/h5-6,8-9H,3-4,7,10-11H2,1-2H3,(H,21,24). The third-order valence-corrected chi connectivity index (χ3v) is 6.95. The molecule has 1 amide bonds. The Labute approximate surface area is 165 Å². The molecule has 0 atom stereocenters. The van der Waals surface area contributed by atoms with Crippen LogP contribution in [0.15, 0.2) is 34.0 Å². The smallest absolute Gasteiger partial charge is 0.266 e. The fourth-order valence-electron chi connectivity index (χ4n) is 3.55. The first-order valence-corrected chi connectivity index (χ1v) is 11.1. The first-order valence-electron chi connectivity index (χ1n) is 9.07. The molecule has 7 heteroatoms. The maximum absolute atomic E-state index is 13.0. The third-order valence-electron chi connectivity index (χ3n) is 4.97. The number of hydrogen-bond acceptors (Lipinski definition) is 5. The number of aryl methyl sites for hydroxylation is 2. The predicted octanol–water partition coefficient (Wildman–Crippen LogP) is 4.47. The maximum Gasteiger partial charge on any atom is 0.266 e. The van der Waals surface area contributed by atoms with Crippen molar-refractivity contribution in [3.05, 3.63) is 50.9 Å². The highest BCUT2D eigenvalue weighted by atomic mass is 32.2. The molecule has 1 aliphatic rings. The number of fused-ring (bicyclic) bond motifs is 2. The van der Waals surface area contributed by atoms with Gasteiger partial charge < -0.3 is 5.32 Å². The lowest BCUT2D eigenvalue weighted by molar-refractivity contribution is 0.103. The van der Waals surface area contributed by atoms with E-state index < -0.39 is 0 Å². The lowest BCUT2D eigenvalue weighted by Crippen LogP contribution is -2.24. The molecule has 0 aliphatic carbocycles. The number of nitrogens with one attached hydrogen (secondary N) is 1. The molecule has 27 heavy (non-hydrogen) atoms. The van der Waals surface area contributed by atoms with Crippen LogP contribution in [0, 0.1) is 6.92 Å². The minimum Gasteiger partial charge on any atom is -0.320 e. The van der Waals surface area contributed by atoms with Gasteiger partial charge in [0.25, 0.3) is 11.5 Å². The summed E-state index contributed by atoms with van der Waals surface area (Å²) in [6.07, 6.45) is 5.99. The van der Waals surface area contributed by atoms with Gasteiger partial charge in [0.2, 0.25) is 0 Å². The van der Waals surface area contributed by atoms with Crippen LogP contribution in [0.3, 0.4) is 0 Å². The molecule has 4 rings (SSSR count). The van der Waals surface area contributed by atoms with E-state index in [0.29, 0.717) is 15.1 Å². The zero-order valence-electron chi connectivity index (χ0n) is 15.4. The number of amides is 1. The molecule has 0 radical (unpaired) electrons. The number of benzene rings is 1. The van der Waals surface area contributed by atoms with Crippen molar-refractivity contribution in [2.75, 3.05) is 11.6 Å². The van der Waals surface area contributed by atoms with Crippen LogP contribution in [-0.4, -0.2) is 21.7 Å². The minimum atomic E-state index is -0.184. The van der Waals surface area contributed by atoms with Crippen molar-refractivity contribution < 1.29 is 4.79 Å². The summed E-state index contributed by atoms with van der Waals surface area (Å²) in [6.45, 7) is 2.57. The number of para-hydroxylation sites is 1. The number of thioether (sulfide) groups is 1. The van der Waals surface area contributed by atoms with Crippen LogP contribution in [0.5, 0.6) is 0 Å². The molecular formula is C20H21N3O2S2. The van der Waals surface area contributed by atoms with Crippen molar-refractivity contribution in [2.45, 2.75) is 44.0 Å². The first-order chi connectivity index (χ1) is 13.1. The van der Waals surface area contributed by atoms with Gasteiger partial charge in [0, 0.05) is 17.9 Å². The van der Waals surface area contributed by atoms with E-state index in [1.807, 2.05) is 37.4 Å². The van der Waals surface area contributed by atoms with Gasteiger partial charge >= 0.3 is 0 Å². The Morgan fingerprint density at radius 2 is 2.07 bits per heavy atom. The SMILES string of the molecule is CSc1ccccc1NC(=O)c1sc2nc3n(c(=O)c2c1C)CCCCC3. The number of thiophene rings is 1. The van der Waals surface area contributed by atoms with Gasteiger partial charge in [-0.25, -0.2) is 4.98 Å². The molecule has 3 aromatic rings. The van der Waals surface area contributed by atoms with Gasteiger partial charge in [-0.15, -0.1) is 23.1 Å². The van der Waals surface area contributed by atoms with E-state index in [4.69, 9.17) is 4.98 Å². The quantitative estimate of drug-likeness (QED) is 0.660. The molecule has 2 aromatic heterocycles. The Morgan fingerprint density at radius 3 is 2.89 bits per heavy atom. The molecule has 0 unspecified atom stereocenters. The van der Waals surface area contributed by atoms with E-state index in [1.165, 1.54) is 11.3 Å². The first kappa shape index (κ1) is 18.3. The molecule has 5 nitrogen and oxygen atoms in total. The van der Waals surface area contributed by atoms with Crippen molar-refractivity contribution in [1.29, 1.82) is 0 Å². The van der Waals surface area contributed by atoms with Gasteiger partial charge in [-0.3, -0.25) is 14.2 Å². The lowest BCUT2D eigenvalue weighted by Gasteiger charge is -2.09. The second kappa shape index (κ2) is 7.48. The summed E-state index contributed by atoms with van der Waals surface area (Å²) >= 11 is 2.90. The van der Waals surface area contributed by atoms with Crippen LogP contribution in [0.25, 0.3) is 10.2 Å². The number of carbonyl (C=O) groups excluding carboxylic acids is 1. The Balaban J connectivity index is 1.77. The molecule has 0 saturated carbocycles. The zero-order chi connectivity index (χ0) is 19.0. The van der Waals surface area contributed by atoms with Gasteiger partial charge in [0.15, 0.2) is 0 Å². The second-order valence-corrected chi connectivity index (χ2v) is 8.53. The van der Waals surface area contributed by atoms with E-state index in [9.17, 15) is 9.59 Å². The van der Waals surface area contributed by atoms with Gasteiger partial charge in [0.1, 0.15) is 10.7 Å².